The Morgan fingerprint density at radius 1 is 1.19 bits per heavy atom. The zero-order valence-electron chi connectivity index (χ0n) is 11.6. The fraction of sp³-hybridized carbons (Fsp3) is 1.00. The Bertz CT molecular complexity index is 178. The van der Waals surface area contributed by atoms with Crippen molar-refractivity contribution in [1.29, 1.82) is 0 Å². The van der Waals surface area contributed by atoms with Crippen molar-refractivity contribution >= 4 is 0 Å². The van der Waals surface area contributed by atoms with E-state index in [1.54, 1.807) is 0 Å². The topological polar surface area (TPSA) is 15.3 Å². The molecule has 1 aliphatic rings. The van der Waals surface area contributed by atoms with E-state index < -0.39 is 0 Å². The highest BCUT2D eigenvalue weighted by Crippen LogP contribution is 2.18. The van der Waals surface area contributed by atoms with Gasteiger partial charge in [-0.25, -0.2) is 0 Å². The maximum absolute atomic E-state index is 3.51. The first-order valence-electron chi connectivity index (χ1n) is 7.14. The van der Waals surface area contributed by atoms with Crippen molar-refractivity contribution in [3.8, 4) is 0 Å². The second kappa shape index (κ2) is 7.29. The van der Waals surface area contributed by atoms with E-state index in [4.69, 9.17) is 0 Å². The van der Waals surface area contributed by atoms with Crippen LogP contribution in [0.2, 0.25) is 0 Å². The summed E-state index contributed by atoms with van der Waals surface area (Å²) in [5, 5.41) is 3.51. The van der Waals surface area contributed by atoms with Crippen LogP contribution in [0, 0.1) is 17.8 Å². The molecule has 0 aliphatic carbocycles. The lowest BCUT2D eigenvalue weighted by atomic mass is 9.96. The Labute approximate surface area is 102 Å². The van der Waals surface area contributed by atoms with Crippen molar-refractivity contribution in [2.45, 2.75) is 40.5 Å². The lowest BCUT2D eigenvalue weighted by Crippen LogP contribution is -2.35. The van der Waals surface area contributed by atoms with Gasteiger partial charge in [0, 0.05) is 13.1 Å². The Balaban J connectivity index is 2.35. The summed E-state index contributed by atoms with van der Waals surface area (Å²) in [6.07, 6.45) is 2.65. The molecule has 1 N–H and O–H groups in total. The molecule has 1 aliphatic heterocycles. The van der Waals surface area contributed by atoms with E-state index in [0.717, 1.165) is 17.8 Å². The van der Waals surface area contributed by atoms with E-state index in [2.05, 4.69) is 37.9 Å². The second-order valence-corrected chi connectivity index (χ2v) is 5.43. The molecule has 0 amide bonds. The van der Waals surface area contributed by atoms with Crippen LogP contribution in [0.15, 0.2) is 0 Å². The summed E-state index contributed by atoms with van der Waals surface area (Å²) in [7, 11) is 0. The molecule has 0 spiro atoms. The molecule has 1 rings (SSSR count). The van der Waals surface area contributed by atoms with Crippen LogP contribution in [0.3, 0.4) is 0 Å². The summed E-state index contributed by atoms with van der Waals surface area (Å²) < 4.78 is 0. The Hall–Kier alpha value is -0.0800. The fourth-order valence-electron chi connectivity index (χ4n) is 2.69. The highest BCUT2D eigenvalue weighted by atomic mass is 15.1. The summed E-state index contributed by atoms with van der Waals surface area (Å²) in [6.45, 7) is 15.6. The van der Waals surface area contributed by atoms with E-state index >= 15 is 0 Å². The van der Waals surface area contributed by atoms with Crippen LogP contribution < -0.4 is 5.32 Å². The van der Waals surface area contributed by atoms with Gasteiger partial charge < -0.3 is 10.2 Å². The third-order valence-electron chi connectivity index (χ3n) is 4.29. The number of nitrogens with zero attached hydrogens (tertiary/aromatic N) is 1. The average Bonchev–Trinajstić information content (AvgIpc) is 2.70. The molecule has 16 heavy (non-hydrogen) atoms. The molecule has 2 atom stereocenters. The maximum Gasteiger partial charge on any atom is 0.00248 e. The molecule has 0 saturated carbocycles. The Morgan fingerprint density at radius 3 is 2.31 bits per heavy atom. The van der Waals surface area contributed by atoms with Crippen LogP contribution in [-0.2, 0) is 0 Å². The minimum Gasteiger partial charge on any atom is -0.316 e. The molecule has 1 saturated heterocycles. The van der Waals surface area contributed by atoms with Gasteiger partial charge in [-0.2, -0.15) is 0 Å². The van der Waals surface area contributed by atoms with Crippen LogP contribution >= 0.6 is 0 Å². The smallest absolute Gasteiger partial charge is 0.00248 e. The molecule has 0 unspecified atom stereocenters. The summed E-state index contributed by atoms with van der Waals surface area (Å²) in [5.41, 5.74) is 0. The van der Waals surface area contributed by atoms with Crippen LogP contribution in [0.25, 0.3) is 0 Å². The SMILES string of the molecule is CCC(CC)CN(CC)C[C@@H]1CNC[C@H]1C. The van der Waals surface area contributed by atoms with Crippen molar-refractivity contribution < 1.29 is 0 Å². The first kappa shape index (κ1) is 14.0. The van der Waals surface area contributed by atoms with Crippen LogP contribution in [0.1, 0.15) is 40.5 Å². The van der Waals surface area contributed by atoms with Crippen molar-refractivity contribution in [3.63, 3.8) is 0 Å². The molecule has 2 nitrogen and oxygen atoms in total. The van der Waals surface area contributed by atoms with Gasteiger partial charge in [-0.15, -0.1) is 0 Å². The molecule has 0 aromatic rings. The first-order valence-corrected chi connectivity index (χ1v) is 7.14. The lowest BCUT2D eigenvalue weighted by Gasteiger charge is -2.29. The van der Waals surface area contributed by atoms with Crippen molar-refractivity contribution in [1.82, 2.24) is 10.2 Å². The molecule has 1 fully saturated rings. The maximum atomic E-state index is 3.51. The average molecular weight is 226 g/mol. The molecule has 96 valence electrons. The van der Waals surface area contributed by atoms with Gasteiger partial charge in [-0.3, -0.25) is 0 Å². The van der Waals surface area contributed by atoms with Gasteiger partial charge in [0.2, 0.25) is 0 Å². The third-order valence-corrected chi connectivity index (χ3v) is 4.29. The quantitative estimate of drug-likeness (QED) is 0.718. The van der Waals surface area contributed by atoms with Gasteiger partial charge in [-0.1, -0.05) is 40.5 Å². The Kier molecular flexibility index (Phi) is 6.37. The van der Waals surface area contributed by atoms with Crippen molar-refractivity contribution in [3.05, 3.63) is 0 Å². The second-order valence-electron chi connectivity index (χ2n) is 5.43. The van der Waals surface area contributed by atoms with Gasteiger partial charge in [0.1, 0.15) is 0 Å². The first-order chi connectivity index (χ1) is 7.71. The Morgan fingerprint density at radius 2 is 1.88 bits per heavy atom. The molecule has 1 heterocycles. The molecule has 0 aromatic heterocycles. The standard InChI is InChI=1S/C14H30N2/c1-5-13(6-2)10-16(7-3)11-14-9-15-8-12(14)4/h12-15H,5-11H2,1-4H3/t12-,14+/m1/s1. The summed E-state index contributed by atoms with van der Waals surface area (Å²) >= 11 is 0. The summed E-state index contributed by atoms with van der Waals surface area (Å²) in [5.74, 6) is 2.62. The normalized spacial score (nSPS) is 25.9. The van der Waals surface area contributed by atoms with E-state index in [0.29, 0.717) is 0 Å². The highest BCUT2D eigenvalue weighted by molar-refractivity contribution is 4.81. The number of hydrogen-bond acceptors (Lipinski definition) is 2. The molecular weight excluding hydrogens is 196 g/mol. The van der Waals surface area contributed by atoms with Gasteiger partial charge in [0.15, 0.2) is 0 Å². The van der Waals surface area contributed by atoms with Gasteiger partial charge >= 0.3 is 0 Å². The molecule has 0 bridgehead atoms. The predicted octanol–water partition coefficient (Wildman–Crippen LogP) is 2.60. The van der Waals surface area contributed by atoms with E-state index in [-0.39, 0.29) is 0 Å². The summed E-state index contributed by atoms with van der Waals surface area (Å²) in [6, 6.07) is 0. The number of rotatable bonds is 7. The van der Waals surface area contributed by atoms with Crippen molar-refractivity contribution in [2.24, 2.45) is 17.8 Å². The number of nitrogens with one attached hydrogen (secondary N) is 1. The van der Waals surface area contributed by atoms with Crippen LogP contribution in [-0.4, -0.2) is 37.6 Å². The van der Waals surface area contributed by atoms with Crippen LogP contribution in [0.5, 0.6) is 0 Å². The molecule has 0 aromatic carbocycles. The van der Waals surface area contributed by atoms with Crippen LogP contribution in [0.4, 0.5) is 0 Å². The molecule has 0 radical (unpaired) electrons. The summed E-state index contributed by atoms with van der Waals surface area (Å²) in [4.78, 5) is 2.66. The minimum atomic E-state index is 0.857. The van der Waals surface area contributed by atoms with E-state index in [1.165, 1.54) is 45.6 Å². The third kappa shape index (κ3) is 4.06. The monoisotopic (exact) mass is 226 g/mol. The highest BCUT2D eigenvalue weighted by Gasteiger charge is 2.25. The van der Waals surface area contributed by atoms with Gasteiger partial charge in [-0.05, 0) is 37.4 Å². The molecular formula is C14H30N2. The number of hydrogen-bond donors (Lipinski definition) is 1. The van der Waals surface area contributed by atoms with Crippen molar-refractivity contribution in [2.75, 3.05) is 32.7 Å². The zero-order chi connectivity index (χ0) is 12.0. The van der Waals surface area contributed by atoms with E-state index in [1.807, 2.05) is 0 Å². The van der Waals surface area contributed by atoms with E-state index in [9.17, 15) is 0 Å². The molecule has 2 heteroatoms. The van der Waals surface area contributed by atoms with Gasteiger partial charge in [0.05, 0.1) is 0 Å². The zero-order valence-corrected chi connectivity index (χ0v) is 11.6. The van der Waals surface area contributed by atoms with Gasteiger partial charge in [0.25, 0.3) is 0 Å². The predicted molar refractivity (Wildman–Crippen MR) is 71.7 cm³/mol. The fourth-order valence-corrected chi connectivity index (χ4v) is 2.69. The minimum absolute atomic E-state index is 0.857. The lowest BCUT2D eigenvalue weighted by molar-refractivity contribution is 0.192. The largest absolute Gasteiger partial charge is 0.316 e.